The van der Waals surface area contributed by atoms with Crippen molar-refractivity contribution >= 4 is 32.5 Å². The summed E-state index contributed by atoms with van der Waals surface area (Å²) >= 11 is 0.854. The quantitative estimate of drug-likeness (QED) is 0.931. The number of hydrogen-bond donors (Lipinski definition) is 1. The molecule has 0 saturated heterocycles. The van der Waals surface area contributed by atoms with Gasteiger partial charge in [0.1, 0.15) is 10.6 Å². The minimum atomic E-state index is -3.82. The van der Waals surface area contributed by atoms with Gasteiger partial charge in [-0.05, 0) is 43.1 Å². The maximum Gasteiger partial charge on any atom is 0.340 e. The predicted octanol–water partition coefficient (Wildman–Crippen LogP) is 2.28. The van der Waals surface area contributed by atoms with Gasteiger partial charge in [-0.3, -0.25) is 4.31 Å². The Hall–Kier alpha value is -1.93. The Morgan fingerprint density at radius 3 is 2.57 bits per heavy atom. The monoisotopic (exact) mass is 326 g/mol. The second-order valence-electron chi connectivity index (χ2n) is 4.54. The summed E-state index contributed by atoms with van der Waals surface area (Å²) in [5, 5.41) is 9.31. The molecule has 0 unspecified atom stereocenters. The standard InChI is InChI=1S/C13H14N2O4S2/c1-8-5-4-6-10(7-8)21(18,19)15(3)12-11(13(16)17)9(2)14-20-12/h4-7H,1-3H3,(H,16,17). The average Bonchev–Trinajstić information content (AvgIpc) is 2.79. The average molecular weight is 326 g/mol. The number of carboxylic acids is 1. The first-order valence-electron chi connectivity index (χ1n) is 6.00. The summed E-state index contributed by atoms with van der Waals surface area (Å²) in [6.07, 6.45) is 0. The highest BCUT2D eigenvalue weighted by Crippen LogP contribution is 2.31. The molecule has 0 spiro atoms. The lowest BCUT2D eigenvalue weighted by Gasteiger charge is -2.18. The zero-order valence-electron chi connectivity index (χ0n) is 11.7. The number of aromatic carboxylic acids is 1. The highest BCUT2D eigenvalue weighted by atomic mass is 32.2. The van der Waals surface area contributed by atoms with E-state index in [1.54, 1.807) is 25.1 Å². The lowest BCUT2D eigenvalue weighted by Crippen LogP contribution is -2.27. The van der Waals surface area contributed by atoms with Crippen molar-refractivity contribution < 1.29 is 18.3 Å². The van der Waals surface area contributed by atoms with E-state index in [-0.39, 0.29) is 15.5 Å². The maximum atomic E-state index is 12.6. The molecule has 1 N–H and O–H groups in total. The number of hydrogen-bond acceptors (Lipinski definition) is 5. The molecule has 1 heterocycles. The molecule has 21 heavy (non-hydrogen) atoms. The third-order valence-electron chi connectivity index (χ3n) is 2.99. The smallest absolute Gasteiger partial charge is 0.340 e. The number of benzene rings is 1. The van der Waals surface area contributed by atoms with Gasteiger partial charge in [-0.15, -0.1) is 0 Å². The van der Waals surface area contributed by atoms with Crippen LogP contribution < -0.4 is 4.31 Å². The van der Waals surface area contributed by atoms with Crippen LogP contribution in [0.25, 0.3) is 0 Å². The number of carbonyl (C=O) groups is 1. The summed E-state index contributed by atoms with van der Waals surface area (Å²) < 4.78 is 30.1. The summed E-state index contributed by atoms with van der Waals surface area (Å²) in [5.41, 5.74) is 1.02. The SMILES string of the molecule is Cc1cccc(S(=O)(=O)N(C)c2snc(C)c2C(=O)O)c1. The molecule has 1 aromatic heterocycles. The van der Waals surface area contributed by atoms with Crippen molar-refractivity contribution in [1.29, 1.82) is 0 Å². The van der Waals surface area contributed by atoms with Crippen LogP contribution in [0.5, 0.6) is 0 Å². The van der Waals surface area contributed by atoms with Gasteiger partial charge in [-0.25, -0.2) is 13.2 Å². The summed E-state index contributed by atoms with van der Waals surface area (Å²) in [5.74, 6) is -1.19. The summed E-state index contributed by atoms with van der Waals surface area (Å²) in [6, 6.07) is 6.46. The highest BCUT2D eigenvalue weighted by Gasteiger charge is 2.28. The molecule has 6 nitrogen and oxygen atoms in total. The van der Waals surface area contributed by atoms with Crippen LogP contribution in [0.4, 0.5) is 5.00 Å². The molecule has 0 aliphatic carbocycles. The van der Waals surface area contributed by atoms with E-state index < -0.39 is 16.0 Å². The third-order valence-corrected chi connectivity index (χ3v) is 5.88. The van der Waals surface area contributed by atoms with Crippen LogP contribution in [0.2, 0.25) is 0 Å². The van der Waals surface area contributed by atoms with Crippen molar-refractivity contribution in [2.45, 2.75) is 18.7 Å². The fourth-order valence-corrected chi connectivity index (χ4v) is 4.22. The molecular weight excluding hydrogens is 312 g/mol. The fraction of sp³-hybridized carbons (Fsp3) is 0.231. The van der Waals surface area contributed by atoms with Crippen LogP contribution in [-0.2, 0) is 10.0 Å². The molecular formula is C13H14N2O4S2. The first-order chi connectivity index (χ1) is 9.75. The molecule has 0 aliphatic heterocycles. The number of carboxylic acid groups (broad SMARTS) is 1. The molecule has 1 aromatic carbocycles. The molecule has 0 amide bonds. The van der Waals surface area contributed by atoms with Gasteiger partial charge in [0.25, 0.3) is 10.0 Å². The summed E-state index contributed by atoms with van der Waals surface area (Å²) in [6.45, 7) is 3.33. The number of aryl methyl sites for hydroxylation is 2. The Morgan fingerprint density at radius 2 is 2.00 bits per heavy atom. The van der Waals surface area contributed by atoms with Gasteiger partial charge in [0.2, 0.25) is 0 Å². The number of nitrogens with zero attached hydrogens (tertiary/aromatic N) is 2. The first-order valence-corrected chi connectivity index (χ1v) is 8.21. The Labute approximate surface area is 126 Å². The molecule has 2 rings (SSSR count). The van der Waals surface area contributed by atoms with Crippen molar-refractivity contribution in [3.8, 4) is 0 Å². The molecule has 2 aromatic rings. The van der Waals surface area contributed by atoms with E-state index in [1.807, 2.05) is 0 Å². The topological polar surface area (TPSA) is 87.6 Å². The Morgan fingerprint density at radius 1 is 1.33 bits per heavy atom. The van der Waals surface area contributed by atoms with E-state index in [2.05, 4.69) is 4.37 Å². The second-order valence-corrected chi connectivity index (χ2v) is 7.26. The van der Waals surface area contributed by atoms with Crippen LogP contribution in [0.3, 0.4) is 0 Å². The van der Waals surface area contributed by atoms with Crippen molar-refractivity contribution in [2.75, 3.05) is 11.4 Å². The number of aromatic nitrogens is 1. The van der Waals surface area contributed by atoms with Gasteiger partial charge in [-0.1, -0.05) is 12.1 Å². The minimum absolute atomic E-state index is 0.0845. The predicted molar refractivity (Wildman–Crippen MR) is 80.6 cm³/mol. The number of anilines is 1. The van der Waals surface area contributed by atoms with E-state index >= 15 is 0 Å². The van der Waals surface area contributed by atoms with E-state index in [1.165, 1.54) is 20.0 Å². The van der Waals surface area contributed by atoms with Gasteiger partial charge in [0.05, 0.1) is 10.6 Å². The molecule has 0 fully saturated rings. The van der Waals surface area contributed by atoms with Crippen molar-refractivity contribution in [1.82, 2.24) is 4.37 Å². The van der Waals surface area contributed by atoms with Crippen molar-refractivity contribution in [3.05, 3.63) is 41.1 Å². The van der Waals surface area contributed by atoms with Gasteiger partial charge in [-0.2, -0.15) is 4.37 Å². The van der Waals surface area contributed by atoms with Gasteiger partial charge in [0, 0.05) is 7.05 Å². The molecule has 0 bridgehead atoms. The lowest BCUT2D eigenvalue weighted by atomic mass is 10.2. The number of rotatable bonds is 4. The third kappa shape index (κ3) is 2.77. The molecule has 0 radical (unpaired) electrons. The molecule has 8 heteroatoms. The summed E-state index contributed by atoms with van der Waals surface area (Å²) in [7, 11) is -2.49. The molecule has 0 atom stereocenters. The van der Waals surface area contributed by atoms with Crippen LogP contribution in [0.1, 0.15) is 21.6 Å². The largest absolute Gasteiger partial charge is 0.478 e. The molecule has 112 valence electrons. The maximum absolute atomic E-state index is 12.6. The zero-order chi connectivity index (χ0) is 15.8. The van der Waals surface area contributed by atoms with Crippen molar-refractivity contribution in [2.24, 2.45) is 0 Å². The van der Waals surface area contributed by atoms with E-state index in [9.17, 15) is 18.3 Å². The minimum Gasteiger partial charge on any atom is -0.478 e. The first kappa shape index (κ1) is 15.5. The molecule has 0 saturated carbocycles. The van der Waals surface area contributed by atoms with E-state index in [0.717, 1.165) is 21.4 Å². The van der Waals surface area contributed by atoms with Crippen LogP contribution in [0, 0.1) is 13.8 Å². The lowest BCUT2D eigenvalue weighted by molar-refractivity contribution is 0.0697. The Kier molecular flexibility index (Phi) is 4.02. The second kappa shape index (κ2) is 5.45. The van der Waals surface area contributed by atoms with Gasteiger partial charge < -0.3 is 5.11 Å². The zero-order valence-corrected chi connectivity index (χ0v) is 13.3. The Bertz CT molecular complexity index is 796. The molecule has 0 aliphatic rings. The van der Waals surface area contributed by atoms with Crippen molar-refractivity contribution in [3.63, 3.8) is 0 Å². The van der Waals surface area contributed by atoms with Crippen LogP contribution in [-0.4, -0.2) is 30.9 Å². The van der Waals surface area contributed by atoms with E-state index in [4.69, 9.17) is 0 Å². The fourth-order valence-electron chi connectivity index (χ4n) is 1.86. The highest BCUT2D eigenvalue weighted by molar-refractivity contribution is 7.93. The van der Waals surface area contributed by atoms with Gasteiger partial charge >= 0.3 is 5.97 Å². The normalized spacial score (nSPS) is 11.4. The van der Waals surface area contributed by atoms with Crippen LogP contribution in [0.15, 0.2) is 29.2 Å². The number of sulfonamides is 1. The Balaban J connectivity index is 2.54. The van der Waals surface area contributed by atoms with E-state index in [0.29, 0.717) is 5.69 Å². The van der Waals surface area contributed by atoms with Gasteiger partial charge in [0.15, 0.2) is 0 Å². The summed E-state index contributed by atoms with van der Waals surface area (Å²) in [4.78, 5) is 11.4. The van der Waals surface area contributed by atoms with Crippen LogP contribution >= 0.6 is 11.5 Å².